The molecule has 108 valence electrons. The number of carbonyl (C=O) groups excluding carboxylic acids is 1. The highest BCUT2D eigenvalue weighted by Crippen LogP contribution is 2.45. The van der Waals surface area contributed by atoms with E-state index in [0.717, 1.165) is 48.2 Å². The molecule has 0 bridgehead atoms. The van der Waals surface area contributed by atoms with Gasteiger partial charge >= 0.3 is 0 Å². The summed E-state index contributed by atoms with van der Waals surface area (Å²) in [6, 6.07) is 14.0. The van der Waals surface area contributed by atoms with Crippen LogP contribution in [-0.4, -0.2) is 12.8 Å². The van der Waals surface area contributed by atoms with Gasteiger partial charge in [-0.15, -0.1) is 0 Å². The van der Waals surface area contributed by atoms with Gasteiger partial charge in [0.2, 0.25) is 0 Å². The molecule has 1 unspecified atom stereocenters. The van der Waals surface area contributed by atoms with Crippen LogP contribution in [0.4, 0.5) is 11.4 Å². The van der Waals surface area contributed by atoms with Crippen LogP contribution >= 0.6 is 11.6 Å². The zero-order chi connectivity index (χ0) is 14.8. The van der Waals surface area contributed by atoms with E-state index in [4.69, 9.17) is 11.6 Å². The fourth-order valence-corrected chi connectivity index (χ4v) is 3.20. The Bertz CT molecular complexity index is 668. The lowest BCUT2D eigenvalue weighted by Crippen LogP contribution is -2.27. The lowest BCUT2D eigenvalue weighted by atomic mass is 9.86. The molecule has 3 rings (SSSR count). The molecule has 2 nitrogen and oxygen atoms in total. The molecular weight excluding hydrogens is 282 g/mol. The SMILES string of the molecule is CCCCN1c2ccccc2C(C=O)c2cc(Cl)ccc21. The van der Waals surface area contributed by atoms with E-state index in [2.05, 4.69) is 17.9 Å². The number of nitrogens with zero attached hydrogens (tertiary/aromatic N) is 1. The fourth-order valence-electron chi connectivity index (χ4n) is 3.02. The van der Waals surface area contributed by atoms with Crippen molar-refractivity contribution in [3.63, 3.8) is 0 Å². The molecule has 21 heavy (non-hydrogen) atoms. The summed E-state index contributed by atoms with van der Waals surface area (Å²) in [6.45, 7) is 3.14. The fraction of sp³-hybridized carbons (Fsp3) is 0.278. The lowest BCUT2D eigenvalue weighted by Gasteiger charge is -2.36. The van der Waals surface area contributed by atoms with Crippen LogP contribution in [0.15, 0.2) is 42.5 Å². The number of fused-ring (bicyclic) bond motifs is 2. The average Bonchev–Trinajstić information content (AvgIpc) is 2.51. The Kier molecular flexibility index (Phi) is 3.98. The van der Waals surface area contributed by atoms with Crippen molar-refractivity contribution >= 4 is 29.3 Å². The number of para-hydroxylation sites is 1. The highest BCUT2D eigenvalue weighted by atomic mass is 35.5. The summed E-state index contributed by atoms with van der Waals surface area (Å²) in [5.74, 6) is -0.229. The Morgan fingerprint density at radius 3 is 2.67 bits per heavy atom. The van der Waals surface area contributed by atoms with Gasteiger partial charge in [0.05, 0.1) is 5.92 Å². The van der Waals surface area contributed by atoms with Crippen LogP contribution < -0.4 is 4.90 Å². The first-order valence-corrected chi connectivity index (χ1v) is 7.75. The van der Waals surface area contributed by atoms with Gasteiger partial charge in [-0.2, -0.15) is 0 Å². The van der Waals surface area contributed by atoms with E-state index in [9.17, 15) is 4.79 Å². The number of aldehydes is 1. The van der Waals surface area contributed by atoms with E-state index in [0.29, 0.717) is 5.02 Å². The van der Waals surface area contributed by atoms with Crippen LogP contribution in [0.1, 0.15) is 36.8 Å². The normalized spacial score (nSPS) is 16.3. The summed E-state index contributed by atoms with van der Waals surface area (Å²) in [7, 11) is 0. The number of halogens is 1. The van der Waals surface area contributed by atoms with E-state index < -0.39 is 0 Å². The number of anilines is 2. The monoisotopic (exact) mass is 299 g/mol. The molecule has 2 aromatic rings. The third-order valence-electron chi connectivity index (χ3n) is 4.05. The maximum Gasteiger partial charge on any atom is 0.132 e. The minimum absolute atomic E-state index is 0.229. The predicted molar refractivity (Wildman–Crippen MR) is 87.7 cm³/mol. The molecule has 0 amide bonds. The average molecular weight is 300 g/mol. The number of hydrogen-bond donors (Lipinski definition) is 0. The first-order chi connectivity index (χ1) is 10.3. The zero-order valence-electron chi connectivity index (χ0n) is 12.1. The molecule has 0 N–H and O–H groups in total. The molecule has 3 heteroatoms. The molecule has 0 spiro atoms. The summed E-state index contributed by atoms with van der Waals surface area (Å²) in [4.78, 5) is 14.0. The summed E-state index contributed by atoms with van der Waals surface area (Å²) >= 11 is 6.14. The smallest absolute Gasteiger partial charge is 0.132 e. The van der Waals surface area contributed by atoms with Gasteiger partial charge in [-0.3, -0.25) is 0 Å². The number of hydrogen-bond acceptors (Lipinski definition) is 2. The summed E-state index contributed by atoms with van der Waals surface area (Å²) in [5, 5.41) is 0.676. The molecule has 0 fully saturated rings. The molecule has 1 atom stereocenters. The first-order valence-electron chi connectivity index (χ1n) is 7.37. The third kappa shape index (κ3) is 2.44. The van der Waals surface area contributed by atoms with E-state index in [-0.39, 0.29) is 5.92 Å². The highest BCUT2D eigenvalue weighted by molar-refractivity contribution is 6.30. The van der Waals surface area contributed by atoms with E-state index in [1.165, 1.54) is 0 Å². The van der Waals surface area contributed by atoms with Crippen LogP contribution in [0.3, 0.4) is 0 Å². The molecule has 0 aromatic heterocycles. The van der Waals surface area contributed by atoms with E-state index in [1.54, 1.807) is 0 Å². The van der Waals surface area contributed by atoms with Crippen LogP contribution in [0.2, 0.25) is 5.02 Å². The van der Waals surface area contributed by atoms with Crippen molar-refractivity contribution in [2.75, 3.05) is 11.4 Å². The van der Waals surface area contributed by atoms with Crippen molar-refractivity contribution in [2.45, 2.75) is 25.7 Å². The molecule has 0 saturated heterocycles. The minimum Gasteiger partial charge on any atom is -0.341 e. The summed E-state index contributed by atoms with van der Waals surface area (Å²) < 4.78 is 0. The van der Waals surface area contributed by atoms with Crippen molar-refractivity contribution in [3.8, 4) is 0 Å². The van der Waals surface area contributed by atoms with Crippen molar-refractivity contribution in [1.82, 2.24) is 0 Å². The second-order valence-corrected chi connectivity index (χ2v) is 5.82. The standard InChI is InChI=1S/C18H18ClNO/c1-2-3-10-20-17-7-5-4-6-14(17)16(12-21)15-11-13(19)8-9-18(15)20/h4-9,11-12,16H,2-3,10H2,1H3. The molecule has 0 radical (unpaired) electrons. The maximum absolute atomic E-state index is 11.7. The van der Waals surface area contributed by atoms with Crippen molar-refractivity contribution < 1.29 is 4.79 Å². The molecule has 1 heterocycles. The Hall–Kier alpha value is -1.80. The summed E-state index contributed by atoms with van der Waals surface area (Å²) in [6.07, 6.45) is 3.27. The highest BCUT2D eigenvalue weighted by Gasteiger charge is 2.29. The second-order valence-electron chi connectivity index (χ2n) is 5.38. The molecular formula is C18H18ClNO. The third-order valence-corrected chi connectivity index (χ3v) is 4.28. The molecule has 2 aromatic carbocycles. The molecule has 1 aliphatic heterocycles. The number of unbranched alkanes of at least 4 members (excludes halogenated alkanes) is 1. The van der Waals surface area contributed by atoms with Gasteiger partial charge in [0.25, 0.3) is 0 Å². The van der Waals surface area contributed by atoms with Crippen LogP contribution in [-0.2, 0) is 4.79 Å². The molecule has 0 saturated carbocycles. The lowest BCUT2D eigenvalue weighted by molar-refractivity contribution is -0.108. The van der Waals surface area contributed by atoms with Gasteiger partial charge in [0.15, 0.2) is 0 Å². The van der Waals surface area contributed by atoms with Gasteiger partial charge in [-0.05, 0) is 41.8 Å². The van der Waals surface area contributed by atoms with Crippen LogP contribution in [0.25, 0.3) is 0 Å². The largest absolute Gasteiger partial charge is 0.341 e. The van der Waals surface area contributed by atoms with Crippen molar-refractivity contribution in [1.29, 1.82) is 0 Å². The Morgan fingerprint density at radius 1 is 1.14 bits per heavy atom. The van der Waals surface area contributed by atoms with Crippen molar-refractivity contribution in [2.24, 2.45) is 0 Å². The van der Waals surface area contributed by atoms with Crippen molar-refractivity contribution in [3.05, 3.63) is 58.6 Å². The number of carbonyl (C=O) groups is 1. The van der Waals surface area contributed by atoms with Gasteiger partial charge < -0.3 is 9.69 Å². The number of rotatable bonds is 4. The predicted octanol–water partition coefficient (Wildman–Crippen LogP) is 4.92. The molecule has 1 aliphatic rings. The maximum atomic E-state index is 11.7. The quantitative estimate of drug-likeness (QED) is 0.747. The summed E-state index contributed by atoms with van der Waals surface area (Å²) in [5.41, 5.74) is 4.31. The Morgan fingerprint density at radius 2 is 1.90 bits per heavy atom. The minimum atomic E-state index is -0.229. The van der Waals surface area contributed by atoms with Gasteiger partial charge in [0.1, 0.15) is 6.29 Å². The van der Waals surface area contributed by atoms with E-state index >= 15 is 0 Å². The van der Waals surface area contributed by atoms with Gasteiger partial charge in [-0.1, -0.05) is 43.1 Å². The second kappa shape index (κ2) is 5.90. The number of benzene rings is 2. The van der Waals surface area contributed by atoms with E-state index in [1.807, 2.05) is 36.4 Å². The Labute approximate surface area is 130 Å². The Balaban J connectivity index is 2.18. The zero-order valence-corrected chi connectivity index (χ0v) is 12.8. The van der Waals surface area contributed by atoms with Crippen LogP contribution in [0.5, 0.6) is 0 Å². The first kappa shape index (κ1) is 14.2. The van der Waals surface area contributed by atoms with Gasteiger partial charge in [-0.25, -0.2) is 0 Å². The molecule has 0 aliphatic carbocycles. The van der Waals surface area contributed by atoms with Gasteiger partial charge in [0, 0.05) is 22.9 Å². The topological polar surface area (TPSA) is 20.3 Å². The van der Waals surface area contributed by atoms with Crippen LogP contribution in [0, 0.1) is 0 Å².